The van der Waals surface area contributed by atoms with Gasteiger partial charge in [0.1, 0.15) is 0 Å². The second-order valence-corrected chi connectivity index (χ2v) is 5.45. The minimum Gasteiger partial charge on any atom is -0.384 e. The maximum Gasteiger partial charge on any atom is 0.0351 e. The number of nitrogens with zero attached hydrogens (tertiary/aromatic N) is 2. The van der Waals surface area contributed by atoms with E-state index in [0.717, 1.165) is 29.8 Å². The first-order valence-corrected chi connectivity index (χ1v) is 7.10. The van der Waals surface area contributed by atoms with Crippen molar-refractivity contribution in [1.82, 2.24) is 9.88 Å². The van der Waals surface area contributed by atoms with Crippen LogP contribution in [0.2, 0.25) is 0 Å². The van der Waals surface area contributed by atoms with E-state index in [2.05, 4.69) is 56.4 Å². The summed E-state index contributed by atoms with van der Waals surface area (Å²) in [5.41, 5.74) is 2.39. The summed E-state index contributed by atoms with van der Waals surface area (Å²) in [6.07, 6.45) is 3.72. The molecule has 0 unspecified atom stereocenters. The lowest BCUT2D eigenvalue weighted by atomic mass is 10.2. The average molecular weight is 320 g/mol. The average Bonchev–Trinajstić information content (AvgIpc) is 2.40. The largest absolute Gasteiger partial charge is 0.384 e. The molecule has 100 valence electrons. The highest BCUT2D eigenvalue weighted by molar-refractivity contribution is 9.10. The molecule has 0 radical (unpaired) electrons. The zero-order valence-electron chi connectivity index (χ0n) is 11.0. The van der Waals surface area contributed by atoms with Crippen LogP contribution in [-0.2, 0) is 6.54 Å². The lowest BCUT2D eigenvalue weighted by molar-refractivity contribution is 0.339. The molecule has 1 heterocycles. The van der Waals surface area contributed by atoms with Gasteiger partial charge in [-0.1, -0.05) is 28.1 Å². The summed E-state index contributed by atoms with van der Waals surface area (Å²) in [6.45, 7) is 2.84. The van der Waals surface area contributed by atoms with Gasteiger partial charge in [-0.05, 0) is 36.9 Å². The molecule has 4 heteroatoms. The minimum atomic E-state index is 0.924. The molecule has 0 aliphatic rings. The van der Waals surface area contributed by atoms with Crippen LogP contribution >= 0.6 is 15.9 Å². The van der Waals surface area contributed by atoms with Crippen LogP contribution in [0.4, 0.5) is 5.69 Å². The molecule has 2 aromatic rings. The number of aromatic nitrogens is 1. The first-order chi connectivity index (χ1) is 9.24. The number of halogens is 1. The fraction of sp³-hybridized carbons (Fsp3) is 0.267. The van der Waals surface area contributed by atoms with Crippen LogP contribution in [0.25, 0.3) is 0 Å². The van der Waals surface area contributed by atoms with Crippen molar-refractivity contribution in [3.05, 3.63) is 58.8 Å². The summed E-state index contributed by atoms with van der Waals surface area (Å²) >= 11 is 3.47. The van der Waals surface area contributed by atoms with Gasteiger partial charge in [0, 0.05) is 42.2 Å². The SMILES string of the molecule is CN(CCNc1cccc(Br)c1)Cc1cccnc1. The maximum atomic E-state index is 4.13. The van der Waals surface area contributed by atoms with Crippen LogP contribution in [-0.4, -0.2) is 30.0 Å². The quantitative estimate of drug-likeness (QED) is 0.884. The van der Waals surface area contributed by atoms with Crippen molar-refractivity contribution in [2.45, 2.75) is 6.54 Å². The van der Waals surface area contributed by atoms with Gasteiger partial charge in [0.15, 0.2) is 0 Å². The molecule has 1 aromatic carbocycles. The van der Waals surface area contributed by atoms with Crippen LogP contribution in [0.15, 0.2) is 53.3 Å². The first kappa shape index (κ1) is 14.0. The third-order valence-electron chi connectivity index (χ3n) is 2.82. The van der Waals surface area contributed by atoms with E-state index >= 15 is 0 Å². The molecule has 0 spiro atoms. The van der Waals surface area contributed by atoms with E-state index in [1.165, 1.54) is 5.56 Å². The Kier molecular flexibility index (Phi) is 5.36. The van der Waals surface area contributed by atoms with Gasteiger partial charge >= 0.3 is 0 Å². The summed E-state index contributed by atoms with van der Waals surface area (Å²) in [5.74, 6) is 0. The monoisotopic (exact) mass is 319 g/mol. The molecule has 19 heavy (non-hydrogen) atoms. The number of hydrogen-bond donors (Lipinski definition) is 1. The van der Waals surface area contributed by atoms with Crippen LogP contribution in [0.3, 0.4) is 0 Å². The number of nitrogens with one attached hydrogen (secondary N) is 1. The van der Waals surface area contributed by atoms with Crippen molar-refractivity contribution in [1.29, 1.82) is 0 Å². The Balaban J connectivity index is 1.73. The first-order valence-electron chi connectivity index (χ1n) is 6.31. The molecule has 0 amide bonds. The predicted molar refractivity (Wildman–Crippen MR) is 83.2 cm³/mol. The third kappa shape index (κ3) is 5.01. The summed E-state index contributed by atoms with van der Waals surface area (Å²) < 4.78 is 1.10. The minimum absolute atomic E-state index is 0.924. The van der Waals surface area contributed by atoms with E-state index in [-0.39, 0.29) is 0 Å². The van der Waals surface area contributed by atoms with E-state index in [1.807, 2.05) is 24.4 Å². The van der Waals surface area contributed by atoms with Crippen LogP contribution in [0, 0.1) is 0 Å². The summed E-state index contributed by atoms with van der Waals surface area (Å²) in [6, 6.07) is 12.3. The van der Waals surface area contributed by atoms with Crippen molar-refractivity contribution in [2.75, 3.05) is 25.5 Å². The Bertz CT molecular complexity index is 502. The highest BCUT2D eigenvalue weighted by Crippen LogP contribution is 2.15. The number of benzene rings is 1. The van der Waals surface area contributed by atoms with Gasteiger partial charge < -0.3 is 10.2 Å². The van der Waals surface area contributed by atoms with E-state index in [4.69, 9.17) is 0 Å². The molecule has 0 bridgehead atoms. The molecule has 0 fully saturated rings. The molecule has 0 saturated heterocycles. The molecular formula is C15H18BrN3. The lowest BCUT2D eigenvalue weighted by Gasteiger charge is -2.17. The smallest absolute Gasteiger partial charge is 0.0351 e. The van der Waals surface area contributed by atoms with Crippen molar-refractivity contribution in [2.24, 2.45) is 0 Å². The number of hydrogen-bond acceptors (Lipinski definition) is 3. The summed E-state index contributed by atoms with van der Waals surface area (Å²) in [4.78, 5) is 6.41. The van der Waals surface area contributed by atoms with Crippen molar-refractivity contribution in [3.63, 3.8) is 0 Å². The van der Waals surface area contributed by atoms with Crippen molar-refractivity contribution in [3.8, 4) is 0 Å². The summed E-state index contributed by atoms with van der Waals surface area (Å²) in [7, 11) is 2.12. The highest BCUT2D eigenvalue weighted by atomic mass is 79.9. The standard InChI is InChI=1S/C15H18BrN3/c1-19(12-13-4-3-7-17-11-13)9-8-18-15-6-2-5-14(16)10-15/h2-7,10-11,18H,8-9,12H2,1H3. The molecule has 3 nitrogen and oxygen atoms in total. The molecule has 0 aliphatic carbocycles. The van der Waals surface area contributed by atoms with Gasteiger partial charge in [-0.25, -0.2) is 0 Å². The van der Waals surface area contributed by atoms with E-state index < -0.39 is 0 Å². The zero-order valence-corrected chi connectivity index (χ0v) is 12.6. The van der Waals surface area contributed by atoms with Crippen LogP contribution in [0.1, 0.15) is 5.56 Å². The Morgan fingerprint density at radius 3 is 2.89 bits per heavy atom. The van der Waals surface area contributed by atoms with Gasteiger partial charge in [-0.15, -0.1) is 0 Å². The van der Waals surface area contributed by atoms with Crippen LogP contribution in [0.5, 0.6) is 0 Å². The number of rotatable bonds is 6. The molecule has 0 atom stereocenters. The van der Waals surface area contributed by atoms with Crippen molar-refractivity contribution < 1.29 is 0 Å². The maximum absolute atomic E-state index is 4.13. The zero-order chi connectivity index (χ0) is 13.5. The van der Waals surface area contributed by atoms with Crippen molar-refractivity contribution >= 4 is 21.6 Å². The lowest BCUT2D eigenvalue weighted by Crippen LogP contribution is -2.24. The Labute approximate surface area is 122 Å². The van der Waals surface area contributed by atoms with Gasteiger partial charge in [0.05, 0.1) is 0 Å². The van der Waals surface area contributed by atoms with Gasteiger partial charge in [-0.3, -0.25) is 4.98 Å². The molecule has 0 aliphatic heterocycles. The van der Waals surface area contributed by atoms with Crippen LogP contribution < -0.4 is 5.32 Å². The molecule has 2 rings (SSSR count). The van der Waals surface area contributed by atoms with E-state index in [0.29, 0.717) is 0 Å². The fourth-order valence-corrected chi connectivity index (χ4v) is 2.27. The topological polar surface area (TPSA) is 28.2 Å². The highest BCUT2D eigenvalue weighted by Gasteiger charge is 2.00. The molecular weight excluding hydrogens is 302 g/mol. The number of anilines is 1. The second kappa shape index (κ2) is 7.26. The van der Waals surface area contributed by atoms with E-state index in [9.17, 15) is 0 Å². The number of likely N-dealkylation sites (N-methyl/N-ethyl adjacent to an activating group) is 1. The third-order valence-corrected chi connectivity index (χ3v) is 3.32. The predicted octanol–water partition coefficient (Wildman–Crippen LogP) is 3.39. The number of pyridine rings is 1. The second-order valence-electron chi connectivity index (χ2n) is 4.54. The normalized spacial score (nSPS) is 10.7. The van der Waals surface area contributed by atoms with Gasteiger partial charge in [0.2, 0.25) is 0 Å². The van der Waals surface area contributed by atoms with Gasteiger partial charge in [0.25, 0.3) is 0 Å². The Hall–Kier alpha value is -1.39. The fourth-order valence-electron chi connectivity index (χ4n) is 1.87. The summed E-state index contributed by atoms with van der Waals surface area (Å²) in [5, 5.41) is 3.41. The Morgan fingerprint density at radius 2 is 2.16 bits per heavy atom. The molecule has 1 aromatic heterocycles. The Morgan fingerprint density at radius 1 is 1.26 bits per heavy atom. The molecule has 0 saturated carbocycles. The van der Waals surface area contributed by atoms with E-state index in [1.54, 1.807) is 6.20 Å². The van der Waals surface area contributed by atoms with Gasteiger partial charge in [-0.2, -0.15) is 0 Å². The molecule has 1 N–H and O–H groups in total.